The Morgan fingerprint density at radius 3 is 2.17 bits per heavy atom. The molecule has 3 amide bonds. The van der Waals surface area contributed by atoms with Crippen molar-refractivity contribution in [1.29, 1.82) is 0 Å². The number of rotatable bonds is 7. The number of carbonyl (C=O) groups excluding carboxylic acids is 3. The molecule has 154 valence electrons. The molecule has 1 atom stereocenters. The number of aryl methyl sites for hydroxylation is 1. The molecule has 0 aliphatic heterocycles. The molecule has 29 heavy (non-hydrogen) atoms. The highest BCUT2D eigenvalue weighted by atomic mass is 32.2. The first kappa shape index (κ1) is 22.4. The summed E-state index contributed by atoms with van der Waals surface area (Å²) in [7, 11) is 0. The van der Waals surface area contributed by atoms with Gasteiger partial charge in [-0.25, -0.2) is 4.39 Å². The number of amides is 3. The highest BCUT2D eigenvalue weighted by molar-refractivity contribution is 8.00. The maximum atomic E-state index is 13.0. The SMILES string of the molecule is Cc1ccc(SCC(=O)NNC(=O)C(NC(=O)c2ccc(F)cc2)C(C)C)cc1. The van der Waals surface area contributed by atoms with Gasteiger partial charge in [0.1, 0.15) is 11.9 Å². The van der Waals surface area contributed by atoms with Crippen LogP contribution in [0.1, 0.15) is 29.8 Å². The zero-order valence-corrected chi connectivity index (χ0v) is 17.3. The summed E-state index contributed by atoms with van der Waals surface area (Å²) in [6.07, 6.45) is 0. The Labute approximate surface area is 173 Å². The highest BCUT2D eigenvalue weighted by Crippen LogP contribution is 2.17. The lowest BCUT2D eigenvalue weighted by Gasteiger charge is -2.21. The molecule has 2 aromatic carbocycles. The molecular weight excluding hydrogens is 393 g/mol. The van der Waals surface area contributed by atoms with Crippen LogP contribution >= 0.6 is 11.8 Å². The lowest BCUT2D eigenvalue weighted by Crippen LogP contribution is -2.54. The molecule has 0 radical (unpaired) electrons. The topological polar surface area (TPSA) is 87.3 Å². The van der Waals surface area contributed by atoms with E-state index in [1.807, 2.05) is 31.2 Å². The first-order valence-electron chi connectivity index (χ1n) is 9.11. The molecule has 0 saturated carbocycles. The maximum absolute atomic E-state index is 13.0. The summed E-state index contributed by atoms with van der Waals surface area (Å²) >= 11 is 1.35. The first-order valence-corrected chi connectivity index (χ1v) is 10.1. The van der Waals surface area contributed by atoms with Gasteiger partial charge < -0.3 is 5.32 Å². The number of nitrogens with one attached hydrogen (secondary N) is 3. The molecule has 0 spiro atoms. The van der Waals surface area contributed by atoms with E-state index >= 15 is 0 Å². The van der Waals surface area contributed by atoms with Crippen LogP contribution in [0, 0.1) is 18.7 Å². The second kappa shape index (κ2) is 10.6. The summed E-state index contributed by atoms with van der Waals surface area (Å²) in [5.41, 5.74) is 6.08. The minimum Gasteiger partial charge on any atom is -0.340 e. The fourth-order valence-electron chi connectivity index (χ4n) is 2.39. The predicted molar refractivity (Wildman–Crippen MR) is 111 cm³/mol. The number of carbonyl (C=O) groups is 3. The Morgan fingerprint density at radius 2 is 1.59 bits per heavy atom. The Bertz CT molecular complexity index is 854. The number of hydrogen-bond acceptors (Lipinski definition) is 4. The molecule has 0 heterocycles. The Hall–Kier alpha value is -2.87. The lowest BCUT2D eigenvalue weighted by atomic mass is 10.0. The van der Waals surface area contributed by atoms with Crippen molar-refractivity contribution < 1.29 is 18.8 Å². The molecule has 2 aromatic rings. The van der Waals surface area contributed by atoms with E-state index in [1.54, 1.807) is 13.8 Å². The monoisotopic (exact) mass is 417 g/mol. The van der Waals surface area contributed by atoms with E-state index in [0.717, 1.165) is 10.5 Å². The van der Waals surface area contributed by atoms with E-state index in [-0.39, 0.29) is 23.1 Å². The molecular formula is C21H24FN3O3S. The summed E-state index contributed by atoms with van der Waals surface area (Å²) in [5.74, 6) is -1.94. The number of hydrogen-bond donors (Lipinski definition) is 3. The van der Waals surface area contributed by atoms with Crippen LogP contribution in [0.4, 0.5) is 4.39 Å². The van der Waals surface area contributed by atoms with E-state index in [4.69, 9.17) is 0 Å². The fraction of sp³-hybridized carbons (Fsp3) is 0.286. The maximum Gasteiger partial charge on any atom is 0.261 e. The largest absolute Gasteiger partial charge is 0.340 e. The minimum atomic E-state index is -0.863. The summed E-state index contributed by atoms with van der Waals surface area (Å²) in [6.45, 7) is 5.52. The molecule has 0 aromatic heterocycles. The molecule has 2 rings (SSSR count). The molecule has 0 fully saturated rings. The van der Waals surface area contributed by atoms with Crippen molar-refractivity contribution in [2.24, 2.45) is 5.92 Å². The number of hydrazine groups is 1. The molecule has 0 bridgehead atoms. The van der Waals surface area contributed by atoms with E-state index in [0.29, 0.717) is 0 Å². The van der Waals surface area contributed by atoms with Crippen LogP contribution in [-0.4, -0.2) is 29.5 Å². The van der Waals surface area contributed by atoms with Gasteiger partial charge in [0.05, 0.1) is 5.75 Å². The predicted octanol–water partition coefficient (Wildman–Crippen LogP) is 2.83. The van der Waals surface area contributed by atoms with Crippen molar-refractivity contribution in [3.8, 4) is 0 Å². The van der Waals surface area contributed by atoms with Gasteiger partial charge >= 0.3 is 0 Å². The van der Waals surface area contributed by atoms with Crippen molar-refractivity contribution in [2.45, 2.75) is 31.7 Å². The summed E-state index contributed by atoms with van der Waals surface area (Å²) in [5, 5.41) is 2.61. The van der Waals surface area contributed by atoms with Gasteiger partial charge in [-0.3, -0.25) is 25.2 Å². The molecule has 1 unspecified atom stereocenters. The minimum absolute atomic E-state index is 0.137. The van der Waals surface area contributed by atoms with Crippen LogP contribution in [0.25, 0.3) is 0 Å². The Balaban J connectivity index is 1.85. The molecule has 0 aliphatic rings. The van der Waals surface area contributed by atoms with Gasteiger partial charge in [0, 0.05) is 10.5 Å². The van der Waals surface area contributed by atoms with Gasteiger partial charge in [-0.15, -0.1) is 11.8 Å². The summed E-state index contributed by atoms with van der Waals surface area (Å²) in [4.78, 5) is 37.6. The van der Waals surface area contributed by atoms with Gasteiger partial charge in [0.15, 0.2) is 0 Å². The Kier molecular flexibility index (Phi) is 8.21. The standard InChI is InChI=1S/C21H24FN3O3S/c1-13(2)19(23-20(27)15-6-8-16(22)9-7-15)21(28)25-24-18(26)12-29-17-10-4-14(3)5-11-17/h4-11,13,19H,12H2,1-3H3,(H,23,27)(H,24,26)(H,25,28). The summed E-state index contributed by atoms with van der Waals surface area (Å²) < 4.78 is 13.0. The van der Waals surface area contributed by atoms with Crippen molar-refractivity contribution in [2.75, 3.05) is 5.75 Å². The van der Waals surface area contributed by atoms with Crippen LogP contribution in [-0.2, 0) is 9.59 Å². The fourth-order valence-corrected chi connectivity index (χ4v) is 3.09. The normalized spacial score (nSPS) is 11.6. The van der Waals surface area contributed by atoms with E-state index in [9.17, 15) is 18.8 Å². The smallest absolute Gasteiger partial charge is 0.261 e. The van der Waals surface area contributed by atoms with Crippen LogP contribution < -0.4 is 16.2 Å². The summed E-state index contributed by atoms with van der Waals surface area (Å²) in [6, 6.07) is 11.9. The average Bonchev–Trinajstić information content (AvgIpc) is 2.69. The third-order valence-electron chi connectivity index (χ3n) is 4.06. The number of halogens is 1. The van der Waals surface area contributed by atoms with Gasteiger partial charge in [-0.2, -0.15) is 0 Å². The number of thioether (sulfide) groups is 1. The van der Waals surface area contributed by atoms with Gasteiger partial charge in [-0.1, -0.05) is 31.5 Å². The van der Waals surface area contributed by atoms with Crippen LogP contribution in [0.5, 0.6) is 0 Å². The van der Waals surface area contributed by atoms with Crippen molar-refractivity contribution in [3.63, 3.8) is 0 Å². The third-order valence-corrected chi connectivity index (χ3v) is 5.07. The van der Waals surface area contributed by atoms with Crippen LogP contribution in [0.2, 0.25) is 0 Å². The quantitative estimate of drug-likeness (QED) is 0.478. The second-order valence-corrected chi connectivity index (χ2v) is 7.89. The van der Waals surface area contributed by atoms with E-state index in [1.165, 1.54) is 36.0 Å². The van der Waals surface area contributed by atoms with Crippen molar-refractivity contribution in [1.82, 2.24) is 16.2 Å². The zero-order valence-electron chi connectivity index (χ0n) is 16.5. The highest BCUT2D eigenvalue weighted by Gasteiger charge is 2.25. The molecule has 3 N–H and O–H groups in total. The van der Waals surface area contributed by atoms with Gasteiger partial charge in [0.25, 0.3) is 11.8 Å². The van der Waals surface area contributed by atoms with Crippen LogP contribution in [0.15, 0.2) is 53.4 Å². The zero-order chi connectivity index (χ0) is 21.4. The molecule has 8 heteroatoms. The van der Waals surface area contributed by atoms with E-state index in [2.05, 4.69) is 16.2 Å². The number of benzene rings is 2. The van der Waals surface area contributed by atoms with Gasteiger partial charge in [-0.05, 0) is 49.2 Å². The van der Waals surface area contributed by atoms with E-state index < -0.39 is 23.7 Å². The van der Waals surface area contributed by atoms with Gasteiger partial charge in [0.2, 0.25) is 5.91 Å². The van der Waals surface area contributed by atoms with Crippen LogP contribution in [0.3, 0.4) is 0 Å². The van der Waals surface area contributed by atoms with Crippen molar-refractivity contribution >= 4 is 29.5 Å². The van der Waals surface area contributed by atoms with Crippen molar-refractivity contribution in [3.05, 3.63) is 65.5 Å². The Morgan fingerprint density at radius 1 is 0.966 bits per heavy atom. The molecule has 0 aliphatic carbocycles. The average molecular weight is 418 g/mol. The lowest BCUT2D eigenvalue weighted by molar-refractivity contribution is -0.129. The third kappa shape index (κ3) is 7.23. The molecule has 0 saturated heterocycles. The first-order chi connectivity index (χ1) is 13.8. The second-order valence-electron chi connectivity index (χ2n) is 6.84. The molecule has 6 nitrogen and oxygen atoms in total.